The smallest absolute Gasteiger partial charge is 0.341 e. The van der Waals surface area contributed by atoms with E-state index in [0.717, 1.165) is 0 Å². The van der Waals surface area contributed by atoms with Crippen LogP contribution in [0.4, 0.5) is 0 Å². The molecule has 116 valence electrons. The van der Waals surface area contributed by atoms with Crippen molar-refractivity contribution in [1.82, 2.24) is 0 Å². The Bertz CT molecular complexity index is 546. The lowest BCUT2D eigenvalue weighted by molar-refractivity contribution is -0.139. The third-order valence-corrected chi connectivity index (χ3v) is 4.25. The van der Waals surface area contributed by atoms with Crippen molar-refractivity contribution >= 4 is 47.6 Å². The summed E-state index contributed by atoms with van der Waals surface area (Å²) in [6.07, 6.45) is 0.634. The lowest BCUT2D eigenvalue weighted by Gasteiger charge is -2.18. The van der Waals surface area contributed by atoms with Crippen LogP contribution in [0, 0.1) is 5.92 Å². The van der Waals surface area contributed by atoms with Gasteiger partial charge in [0.2, 0.25) is 0 Å². The molecule has 0 heterocycles. The Morgan fingerprint density at radius 1 is 1.33 bits per heavy atom. The zero-order valence-corrected chi connectivity index (χ0v) is 14.0. The summed E-state index contributed by atoms with van der Waals surface area (Å²) >= 11 is 16.5. The Hall–Kier alpha value is -0.910. The van der Waals surface area contributed by atoms with Gasteiger partial charge in [-0.1, -0.05) is 37.0 Å². The minimum absolute atomic E-state index is 0.0328. The van der Waals surface area contributed by atoms with Gasteiger partial charge in [0.05, 0.1) is 5.02 Å². The summed E-state index contributed by atoms with van der Waals surface area (Å²) in [6.45, 7) is 3.21. The van der Waals surface area contributed by atoms with E-state index in [2.05, 4.69) is 12.6 Å². The Labute approximate surface area is 138 Å². The number of thiol groups is 1. The molecule has 0 radical (unpaired) electrons. The molecule has 0 aromatic heterocycles. The van der Waals surface area contributed by atoms with E-state index in [1.54, 1.807) is 0 Å². The number of rotatable bonds is 7. The minimum Gasteiger partial charge on any atom is -0.480 e. The van der Waals surface area contributed by atoms with E-state index in [4.69, 9.17) is 33.0 Å². The number of aliphatic carboxylic acids is 1. The fourth-order valence-corrected chi connectivity index (χ4v) is 2.73. The summed E-state index contributed by atoms with van der Waals surface area (Å²) in [5.41, 5.74) is 0.289. The Balaban J connectivity index is 3.08. The number of ketones is 1. The largest absolute Gasteiger partial charge is 0.480 e. The fourth-order valence-electron chi connectivity index (χ4n) is 1.92. The van der Waals surface area contributed by atoms with Crippen LogP contribution in [-0.4, -0.2) is 28.7 Å². The predicted octanol–water partition coefficient (Wildman–Crippen LogP) is 3.98. The summed E-state index contributed by atoms with van der Waals surface area (Å²) in [4.78, 5) is 22.9. The van der Waals surface area contributed by atoms with E-state index in [-0.39, 0.29) is 38.3 Å². The van der Waals surface area contributed by atoms with Crippen molar-refractivity contribution in [1.29, 1.82) is 0 Å². The normalized spacial score (nSPS) is 13.6. The quantitative estimate of drug-likeness (QED) is 0.576. The Morgan fingerprint density at radius 2 is 1.95 bits per heavy atom. The van der Waals surface area contributed by atoms with Gasteiger partial charge in [-0.3, -0.25) is 4.79 Å². The van der Waals surface area contributed by atoms with Crippen LogP contribution in [0.25, 0.3) is 0 Å². The van der Waals surface area contributed by atoms with E-state index in [0.29, 0.717) is 6.42 Å². The van der Waals surface area contributed by atoms with Crippen LogP contribution in [0.15, 0.2) is 12.1 Å². The second-order valence-corrected chi connectivity index (χ2v) is 6.11. The molecular weight excluding hydrogens is 335 g/mol. The summed E-state index contributed by atoms with van der Waals surface area (Å²) < 4.78 is 5.01. The van der Waals surface area contributed by atoms with Gasteiger partial charge >= 0.3 is 5.97 Å². The highest BCUT2D eigenvalue weighted by Crippen LogP contribution is 2.36. The highest BCUT2D eigenvalue weighted by molar-refractivity contribution is 7.81. The molecule has 0 fully saturated rings. The number of ether oxygens (including phenoxy) is 1. The van der Waals surface area contributed by atoms with Gasteiger partial charge in [-0.25, -0.2) is 4.79 Å². The summed E-state index contributed by atoms with van der Waals surface area (Å²) in [7, 11) is 0. The number of Topliss-reactive ketones (excluding diaryl/α,β-unsaturated/α-hetero) is 1. The van der Waals surface area contributed by atoms with E-state index in [1.165, 1.54) is 12.1 Å². The Kier molecular flexibility index (Phi) is 6.84. The second-order valence-electron chi connectivity index (χ2n) is 4.54. The van der Waals surface area contributed by atoms with Crippen LogP contribution in [0.5, 0.6) is 5.75 Å². The SMILES string of the molecule is CCC(C(=O)c1ccc(OCC(=O)O)c(Cl)c1Cl)C(C)S. The van der Waals surface area contributed by atoms with Crippen molar-refractivity contribution in [3.05, 3.63) is 27.7 Å². The molecule has 1 rings (SSSR count). The first-order chi connectivity index (χ1) is 9.79. The topological polar surface area (TPSA) is 63.6 Å². The van der Waals surface area contributed by atoms with Crippen molar-refractivity contribution in [3.63, 3.8) is 0 Å². The number of hydrogen-bond acceptors (Lipinski definition) is 4. The number of carboxylic acid groups (broad SMARTS) is 1. The molecule has 0 saturated heterocycles. The van der Waals surface area contributed by atoms with E-state index in [1.807, 2.05) is 13.8 Å². The molecule has 0 aliphatic carbocycles. The monoisotopic (exact) mass is 350 g/mol. The standard InChI is InChI=1S/C14H16Cl2O4S/c1-3-8(7(2)21)14(19)9-4-5-10(13(16)12(9)15)20-6-11(17)18/h4-5,7-8,21H,3,6H2,1-2H3,(H,17,18). The van der Waals surface area contributed by atoms with Crippen molar-refractivity contribution in [2.24, 2.45) is 5.92 Å². The van der Waals surface area contributed by atoms with Crippen LogP contribution < -0.4 is 4.74 Å². The molecular formula is C14H16Cl2O4S. The third kappa shape index (κ3) is 4.53. The molecule has 0 spiro atoms. The highest BCUT2D eigenvalue weighted by atomic mass is 35.5. The lowest BCUT2D eigenvalue weighted by atomic mass is 9.92. The second kappa shape index (κ2) is 7.92. The molecule has 1 aromatic rings. The first-order valence-corrected chi connectivity index (χ1v) is 7.61. The van der Waals surface area contributed by atoms with Crippen molar-refractivity contribution in [2.45, 2.75) is 25.5 Å². The van der Waals surface area contributed by atoms with Gasteiger partial charge in [-0.2, -0.15) is 12.6 Å². The molecule has 0 amide bonds. The molecule has 21 heavy (non-hydrogen) atoms. The zero-order chi connectivity index (χ0) is 16.2. The van der Waals surface area contributed by atoms with Gasteiger partial charge in [-0.05, 0) is 18.6 Å². The molecule has 0 bridgehead atoms. The van der Waals surface area contributed by atoms with E-state index >= 15 is 0 Å². The maximum Gasteiger partial charge on any atom is 0.341 e. The van der Waals surface area contributed by atoms with E-state index < -0.39 is 12.6 Å². The van der Waals surface area contributed by atoms with Crippen LogP contribution >= 0.6 is 35.8 Å². The lowest BCUT2D eigenvalue weighted by Crippen LogP contribution is -2.22. The fraction of sp³-hybridized carbons (Fsp3) is 0.429. The number of halogens is 2. The Morgan fingerprint density at radius 3 is 2.43 bits per heavy atom. The molecule has 4 nitrogen and oxygen atoms in total. The van der Waals surface area contributed by atoms with Gasteiger partial charge in [0.15, 0.2) is 12.4 Å². The van der Waals surface area contributed by atoms with Gasteiger partial charge in [0.25, 0.3) is 0 Å². The van der Waals surface area contributed by atoms with E-state index in [9.17, 15) is 9.59 Å². The summed E-state index contributed by atoms with van der Waals surface area (Å²) in [5.74, 6) is -1.41. The number of carboxylic acids is 1. The van der Waals surface area contributed by atoms with Gasteiger partial charge in [0, 0.05) is 16.7 Å². The van der Waals surface area contributed by atoms with Crippen molar-refractivity contribution < 1.29 is 19.4 Å². The molecule has 0 saturated carbocycles. The summed E-state index contributed by atoms with van der Waals surface area (Å²) in [6, 6.07) is 2.94. The molecule has 0 aliphatic rings. The summed E-state index contributed by atoms with van der Waals surface area (Å²) in [5, 5.41) is 8.57. The van der Waals surface area contributed by atoms with Gasteiger partial charge < -0.3 is 9.84 Å². The van der Waals surface area contributed by atoms with Crippen molar-refractivity contribution in [3.8, 4) is 5.75 Å². The van der Waals surface area contributed by atoms with Crippen molar-refractivity contribution in [2.75, 3.05) is 6.61 Å². The number of benzene rings is 1. The highest BCUT2D eigenvalue weighted by Gasteiger charge is 2.25. The van der Waals surface area contributed by atoms with Crippen LogP contribution in [0.3, 0.4) is 0 Å². The van der Waals surface area contributed by atoms with Gasteiger partial charge in [-0.15, -0.1) is 0 Å². The number of carbonyl (C=O) groups is 2. The maximum absolute atomic E-state index is 12.4. The molecule has 1 aromatic carbocycles. The van der Waals surface area contributed by atoms with Crippen LogP contribution in [-0.2, 0) is 4.79 Å². The first kappa shape index (κ1) is 18.1. The number of carbonyl (C=O) groups excluding carboxylic acids is 1. The third-order valence-electron chi connectivity index (χ3n) is 3.02. The molecule has 2 atom stereocenters. The zero-order valence-electron chi connectivity index (χ0n) is 11.6. The first-order valence-electron chi connectivity index (χ1n) is 6.34. The number of hydrogen-bond donors (Lipinski definition) is 2. The van der Waals surface area contributed by atoms with Gasteiger partial charge in [0.1, 0.15) is 10.8 Å². The predicted molar refractivity (Wildman–Crippen MR) is 86.2 cm³/mol. The minimum atomic E-state index is -1.13. The molecule has 1 N–H and O–H groups in total. The van der Waals surface area contributed by atoms with Crippen LogP contribution in [0.1, 0.15) is 30.6 Å². The molecule has 0 aliphatic heterocycles. The average Bonchev–Trinajstić information content (AvgIpc) is 2.40. The molecule has 2 unspecified atom stereocenters. The molecule has 7 heteroatoms. The maximum atomic E-state index is 12.4. The van der Waals surface area contributed by atoms with Crippen LogP contribution in [0.2, 0.25) is 10.0 Å². The average molecular weight is 351 g/mol.